The van der Waals surface area contributed by atoms with Crippen molar-refractivity contribution in [3.05, 3.63) is 47.5 Å². The van der Waals surface area contributed by atoms with Gasteiger partial charge >= 0.3 is 0 Å². The summed E-state index contributed by atoms with van der Waals surface area (Å²) >= 11 is 0. The summed E-state index contributed by atoms with van der Waals surface area (Å²) in [5.41, 5.74) is 1.66. The van der Waals surface area contributed by atoms with E-state index in [1.54, 1.807) is 0 Å². The van der Waals surface area contributed by atoms with Gasteiger partial charge in [0, 0.05) is 25.6 Å². The third-order valence-electron chi connectivity index (χ3n) is 5.68. The van der Waals surface area contributed by atoms with Crippen molar-refractivity contribution in [2.45, 2.75) is 57.9 Å². The highest BCUT2D eigenvalue weighted by molar-refractivity contribution is 14.0. The van der Waals surface area contributed by atoms with Crippen LogP contribution in [0.15, 0.2) is 35.3 Å². The summed E-state index contributed by atoms with van der Waals surface area (Å²) in [4.78, 5) is 4.77. The molecule has 1 aromatic carbocycles. The minimum absolute atomic E-state index is 0. The lowest BCUT2D eigenvalue weighted by Gasteiger charge is -2.43. The molecule has 1 saturated carbocycles. The molecule has 0 bridgehead atoms. The Morgan fingerprint density at radius 2 is 1.93 bits per heavy atom. The Morgan fingerprint density at radius 1 is 1.18 bits per heavy atom. The maximum atomic E-state index is 4.77. The predicted molar refractivity (Wildman–Crippen MR) is 125 cm³/mol. The van der Waals surface area contributed by atoms with Crippen molar-refractivity contribution in [3.63, 3.8) is 0 Å². The number of hydrogen-bond donors (Lipinski definition) is 2. The molecule has 0 radical (unpaired) electrons. The first-order valence-corrected chi connectivity index (χ1v) is 10.1. The van der Waals surface area contributed by atoms with Gasteiger partial charge in [0.15, 0.2) is 11.8 Å². The number of nitrogens with zero attached hydrogens (tertiary/aromatic N) is 4. The highest BCUT2D eigenvalue weighted by atomic mass is 127. The van der Waals surface area contributed by atoms with Crippen molar-refractivity contribution >= 4 is 29.9 Å². The molecule has 0 amide bonds. The van der Waals surface area contributed by atoms with Crippen LogP contribution in [0.2, 0.25) is 0 Å². The van der Waals surface area contributed by atoms with E-state index in [-0.39, 0.29) is 29.4 Å². The van der Waals surface area contributed by atoms with Crippen LogP contribution in [0, 0.1) is 6.92 Å². The SMILES string of the molecule is CCCCNC(=NCc1nnc(C)n1C)NCC1(c2ccccc2)CCC1.I. The third-order valence-corrected chi connectivity index (χ3v) is 5.68. The van der Waals surface area contributed by atoms with Gasteiger partial charge in [0.1, 0.15) is 12.4 Å². The van der Waals surface area contributed by atoms with Gasteiger partial charge in [-0.25, -0.2) is 4.99 Å². The van der Waals surface area contributed by atoms with Gasteiger partial charge in [-0.2, -0.15) is 0 Å². The Labute approximate surface area is 185 Å². The highest BCUT2D eigenvalue weighted by Crippen LogP contribution is 2.43. The van der Waals surface area contributed by atoms with Gasteiger partial charge in [-0.1, -0.05) is 50.1 Å². The fourth-order valence-corrected chi connectivity index (χ4v) is 3.51. The zero-order valence-corrected chi connectivity index (χ0v) is 19.6. The van der Waals surface area contributed by atoms with E-state index in [2.05, 4.69) is 58.1 Å². The monoisotopic (exact) mass is 496 g/mol. The zero-order chi connectivity index (χ0) is 19.1. The van der Waals surface area contributed by atoms with Crippen molar-refractivity contribution in [1.29, 1.82) is 0 Å². The Balaban J connectivity index is 0.00000280. The number of benzene rings is 1. The van der Waals surface area contributed by atoms with Crippen LogP contribution in [0.25, 0.3) is 0 Å². The largest absolute Gasteiger partial charge is 0.356 e. The lowest BCUT2D eigenvalue weighted by molar-refractivity contribution is 0.244. The average molecular weight is 496 g/mol. The van der Waals surface area contributed by atoms with E-state index in [1.807, 2.05) is 18.5 Å². The molecule has 2 N–H and O–H groups in total. The minimum atomic E-state index is 0. The summed E-state index contributed by atoms with van der Waals surface area (Å²) in [7, 11) is 1.98. The van der Waals surface area contributed by atoms with E-state index in [4.69, 9.17) is 4.99 Å². The van der Waals surface area contributed by atoms with Crippen molar-refractivity contribution in [1.82, 2.24) is 25.4 Å². The fourth-order valence-electron chi connectivity index (χ4n) is 3.51. The number of aryl methyl sites for hydroxylation is 1. The highest BCUT2D eigenvalue weighted by Gasteiger charge is 2.38. The molecule has 1 aliphatic carbocycles. The summed E-state index contributed by atoms with van der Waals surface area (Å²) in [6.45, 7) is 6.52. The summed E-state index contributed by atoms with van der Waals surface area (Å²) in [6, 6.07) is 10.9. The second-order valence-electron chi connectivity index (χ2n) is 7.52. The number of hydrogen-bond acceptors (Lipinski definition) is 3. The summed E-state index contributed by atoms with van der Waals surface area (Å²) in [5.74, 6) is 2.66. The van der Waals surface area contributed by atoms with Gasteiger partial charge in [-0.15, -0.1) is 34.2 Å². The van der Waals surface area contributed by atoms with Gasteiger partial charge in [0.05, 0.1) is 0 Å². The van der Waals surface area contributed by atoms with Crippen LogP contribution in [-0.4, -0.2) is 33.8 Å². The average Bonchev–Trinajstić information content (AvgIpc) is 2.97. The fraction of sp³-hybridized carbons (Fsp3) is 0.571. The molecule has 154 valence electrons. The smallest absolute Gasteiger partial charge is 0.191 e. The second-order valence-corrected chi connectivity index (χ2v) is 7.52. The molecule has 0 saturated heterocycles. The van der Waals surface area contributed by atoms with Gasteiger partial charge in [-0.05, 0) is 31.7 Å². The molecular formula is C21H33IN6. The molecule has 2 aromatic rings. The van der Waals surface area contributed by atoms with Gasteiger partial charge < -0.3 is 15.2 Å². The van der Waals surface area contributed by atoms with E-state index >= 15 is 0 Å². The number of aromatic nitrogens is 3. The number of guanidine groups is 1. The van der Waals surface area contributed by atoms with Crippen molar-refractivity contribution in [2.75, 3.05) is 13.1 Å². The van der Waals surface area contributed by atoms with Gasteiger partial charge in [0.2, 0.25) is 0 Å². The first-order valence-electron chi connectivity index (χ1n) is 10.1. The van der Waals surface area contributed by atoms with E-state index in [9.17, 15) is 0 Å². The molecule has 1 fully saturated rings. The van der Waals surface area contributed by atoms with E-state index in [1.165, 1.54) is 24.8 Å². The number of nitrogens with one attached hydrogen (secondary N) is 2. The quantitative estimate of drug-likeness (QED) is 0.253. The standard InChI is InChI=1S/C21H32N6.HI/c1-4-5-14-22-20(23-15-19-26-25-17(2)27(19)3)24-16-21(12-9-13-21)18-10-7-6-8-11-18;/h6-8,10-11H,4-5,9,12-16H2,1-3H3,(H2,22,23,24);1H. The summed E-state index contributed by atoms with van der Waals surface area (Å²) in [6.07, 6.45) is 6.05. The third kappa shape index (κ3) is 5.46. The Morgan fingerprint density at radius 3 is 2.50 bits per heavy atom. The number of rotatable bonds is 8. The maximum Gasteiger partial charge on any atom is 0.191 e. The molecule has 1 aromatic heterocycles. The Kier molecular flexibility index (Phi) is 8.72. The maximum absolute atomic E-state index is 4.77. The zero-order valence-electron chi connectivity index (χ0n) is 17.2. The van der Waals surface area contributed by atoms with Crippen molar-refractivity contribution in [3.8, 4) is 0 Å². The number of halogens is 1. The van der Waals surface area contributed by atoms with Crippen LogP contribution in [0.5, 0.6) is 0 Å². The Hall–Kier alpha value is -1.64. The number of unbranched alkanes of at least 4 members (excludes halogenated alkanes) is 1. The topological polar surface area (TPSA) is 67.1 Å². The molecule has 0 aliphatic heterocycles. The first-order chi connectivity index (χ1) is 13.1. The van der Waals surface area contributed by atoms with Crippen LogP contribution in [-0.2, 0) is 19.0 Å². The van der Waals surface area contributed by atoms with Crippen LogP contribution >= 0.6 is 24.0 Å². The van der Waals surface area contributed by atoms with Crippen LogP contribution < -0.4 is 10.6 Å². The Bertz CT molecular complexity index is 752. The van der Waals surface area contributed by atoms with Crippen molar-refractivity contribution < 1.29 is 0 Å². The van der Waals surface area contributed by atoms with Gasteiger partial charge in [0.25, 0.3) is 0 Å². The number of aliphatic imine (C=N–C) groups is 1. The van der Waals surface area contributed by atoms with Gasteiger partial charge in [-0.3, -0.25) is 0 Å². The lowest BCUT2D eigenvalue weighted by atomic mass is 9.64. The molecule has 0 spiro atoms. The second kappa shape index (κ2) is 10.8. The molecule has 7 heteroatoms. The van der Waals surface area contributed by atoms with Crippen LogP contribution in [0.4, 0.5) is 0 Å². The summed E-state index contributed by atoms with van der Waals surface area (Å²) in [5, 5.41) is 15.4. The van der Waals surface area contributed by atoms with Crippen LogP contribution in [0.1, 0.15) is 56.2 Å². The molecule has 1 heterocycles. The molecule has 3 rings (SSSR count). The molecule has 28 heavy (non-hydrogen) atoms. The predicted octanol–water partition coefficient (Wildman–Crippen LogP) is 3.70. The minimum Gasteiger partial charge on any atom is -0.356 e. The summed E-state index contributed by atoms with van der Waals surface area (Å²) < 4.78 is 1.99. The van der Waals surface area contributed by atoms with E-state index in [0.717, 1.165) is 43.5 Å². The molecule has 1 aliphatic rings. The van der Waals surface area contributed by atoms with Crippen molar-refractivity contribution in [2.24, 2.45) is 12.0 Å². The lowest BCUT2D eigenvalue weighted by Crippen LogP contribution is -2.49. The first kappa shape index (κ1) is 22.6. The molecule has 0 atom stereocenters. The normalized spacial score (nSPS) is 15.5. The molecular weight excluding hydrogens is 463 g/mol. The molecule has 0 unspecified atom stereocenters. The van der Waals surface area contributed by atoms with E-state index < -0.39 is 0 Å². The molecule has 6 nitrogen and oxygen atoms in total. The van der Waals surface area contributed by atoms with Crippen LogP contribution in [0.3, 0.4) is 0 Å². The van der Waals surface area contributed by atoms with E-state index in [0.29, 0.717) is 6.54 Å².